The van der Waals surface area contributed by atoms with Crippen LogP contribution in [0.3, 0.4) is 0 Å². The van der Waals surface area contributed by atoms with Gasteiger partial charge in [-0.25, -0.2) is 4.79 Å². The number of hydrogen-bond donors (Lipinski definition) is 0. The molecule has 108 valence electrons. The highest BCUT2D eigenvalue weighted by atomic mass is 16.6. The number of likely N-dealkylation sites (tertiary alicyclic amines) is 1. The van der Waals surface area contributed by atoms with Gasteiger partial charge in [0, 0.05) is 24.9 Å². The zero-order valence-corrected chi connectivity index (χ0v) is 12.5. The van der Waals surface area contributed by atoms with Crippen LogP contribution in [0, 0.1) is 11.3 Å². The van der Waals surface area contributed by atoms with E-state index < -0.39 is 5.60 Å². The normalized spacial score (nSPS) is 26.8. The number of amides is 1. The average Bonchev–Trinajstić information content (AvgIpc) is 2.52. The second kappa shape index (κ2) is 4.80. The molecule has 1 heterocycles. The van der Waals surface area contributed by atoms with E-state index >= 15 is 0 Å². The van der Waals surface area contributed by atoms with Crippen LogP contribution in [0.15, 0.2) is 0 Å². The lowest BCUT2D eigenvalue weighted by Gasteiger charge is -2.38. The molecule has 1 amide bonds. The minimum Gasteiger partial charge on any atom is -0.444 e. The number of piperidine rings is 1. The molecule has 1 aliphatic carbocycles. The zero-order chi connectivity index (χ0) is 14.3. The third-order valence-corrected chi connectivity index (χ3v) is 4.24. The standard InChI is InChI=1S/C15H25NO3/c1-11-9-12(17)15(10-11)5-7-16(8-6-15)13(18)19-14(2,3)4/h11H,5-10H2,1-4H3/t11-/m0/s1. The fraction of sp³-hybridized carbons (Fsp3) is 0.867. The van der Waals surface area contributed by atoms with Crippen molar-refractivity contribution in [3.63, 3.8) is 0 Å². The maximum absolute atomic E-state index is 12.1. The Hall–Kier alpha value is -1.06. The summed E-state index contributed by atoms with van der Waals surface area (Å²) in [6.07, 6.45) is 3.06. The number of Topliss-reactive ketones (excluding diaryl/α,β-unsaturated/α-hetero) is 1. The topological polar surface area (TPSA) is 46.6 Å². The third-order valence-electron chi connectivity index (χ3n) is 4.24. The minimum atomic E-state index is -0.454. The predicted octanol–water partition coefficient (Wildman–Crippen LogP) is 3.00. The highest BCUT2D eigenvalue weighted by molar-refractivity contribution is 5.87. The molecule has 1 saturated heterocycles. The average molecular weight is 267 g/mol. The molecule has 0 bridgehead atoms. The van der Waals surface area contributed by atoms with Crippen LogP contribution >= 0.6 is 0 Å². The first-order chi connectivity index (χ1) is 8.72. The van der Waals surface area contributed by atoms with Crippen molar-refractivity contribution in [1.82, 2.24) is 4.90 Å². The maximum atomic E-state index is 12.1. The SMILES string of the molecule is C[C@H]1CC(=O)C2(CCN(C(=O)OC(C)(C)C)CC2)C1. The van der Waals surface area contributed by atoms with Gasteiger partial charge >= 0.3 is 6.09 Å². The van der Waals surface area contributed by atoms with E-state index in [0.717, 1.165) is 19.3 Å². The van der Waals surface area contributed by atoms with Gasteiger partial charge in [-0.2, -0.15) is 0 Å². The van der Waals surface area contributed by atoms with Gasteiger partial charge in [-0.1, -0.05) is 6.92 Å². The van der Waals surface area contributed by atoms with E-state index in [4.69, 9.17) is 4.74 Å². The molecular weight excluding hydrogens is 242 g/mol. The molecule has 1 aliphatic heterocycles. The van der Waals surface area contributed by atoms with Crippen molar-refractivity contribution in [2.24, 2.45) is 11.3 Å². The fourth-order valence-corrected chi connectivity index (χ4v) is 3.31. The van der Waals surface area contributed by atoms with Gasteiger partial charge in [-0.05, 0) is 46.0 Å². The summed E-state index contributed by atoms with van der Waals surface area (Å²) < 4.78 is 5.38. The molecular formula is C15H25NO3. The number of ketones is 1. The highest BCUT2D eigenvalue weighted by Crippen LogP contribution is 2.46. The van der Waals surface area contributed by atoms with Crippen molar-refractivity contribution in [3.8, 4) is 0 Å². The minimum absolute atomic E-state index is 0.141. The van der Waals surface area contributed by atoms with Gasteiger partial charge in [0.05, 0.1) is 0 Å². The quantitative estimate of drug-likeness (QED) is 0.678. The van der Waals surface area contributed by atoms with Crippen LogP contribution in [0.25, 0.3) is 0 Å². The van der Waals surface area contributed by atoms with Gasteiger partial charge in [0.2, 0.25) is 0 Å². The summed E-state index contributed by atoms with van der Waals surface area (Å²) in [5.41, 5.74) is -0.595. The summed E-state index contributed by atoms with van der Waals surface area (Å²) in [4.78, 5) is 25.9. The molecule has 0 radical (unpaired) electrons. The monoisotopic (exact) mass is 267 g/mol. The molecule has 0 aromatic heterocycles. The molecule has 2 fully saturated rings. The molecule has 0 unspecified atom stereocenters. The Labute approximate surface area is 115 Å². The van der Waals surface area contributed by atoms with Gasteiger partial charge in [0.15, 0.2) is 0 Å². The number of nitrogens with zero attached hydrogens (tertiary/aromatic N) is 1. The summed E-state index contributed by atoms with van der Waals surface area (Å²) in [7, 11) is 0. The van der Waals surface area contributed by atoms with Crippen molar-refractivity contribution < 1.29 is 14.3 Å². The van der Waals surface area contributed by atoms with Gasteiger partial charge in [0.1, 0.15) is 11.4 Å². The van der Waals surface area contributed by atoms with Gasteiger partial charge in [0.25, 0.3) is 0 Å². The predicted molar refractivity (Wildman–Crippen MR) is 72.9 cm³/mol. The lowest BCUT2D eigenvalue weighted by Crippen LogP contribution is -2.46. The first kappa shape index (κ1) is 14.4. The van der Waals surface area contributed by atoms with Crippen molar-refractivity contribution >= 4 is 11.9 Å². The maximum Gasteiger partial charge on any atom is 0.410 e. The van der Waals surface area contributed by atoms with E-state index in [1.54, 1.807) is 4.90 Å². The molecule has 19 heavy (non-hydrogen) atoms. The number of carbonyl (C=O) groups is 2. The Balaban J connectivity index is 1.93. The second-order valence-corrected chi connectivity index (χ2v) is 7.18. The van der Waals surface area contributed by atoms with E-state index in [1.165, 1.54) is 0 Å². The Morgan fingerprint density at radius 3 is 2.32 bits per heavy atom. The number of hydrogen-bond acceptors (Lipinski definition) is 3. The van der Waals surface area contributed by atoms with Crippen molar-refractivity contribution in [3.05, 3.63) is 0 Å². The van der Waals surface area contributed by atoms with Gasteiger partial charge in [-0.3, -0.25) is 4.79 Å². The van der Waals surface area contributed by atoms with Gasteiger partial charge in [-0.15, -0.1) is 0 Å². The van der Waals surface area contributed by atoms with Crippen LogP contribution in [0.1, 0.15) is 53.4 Å². The van der Waals surface area contributed by atoms with Crippen molar-refractivity contribution in [1.29, 1.82) is 0 Å². The number of rotatable bonds is 0. The van der Waals surface area contributed by atoms with Crippen LogP contribution in [0.4, 0.5) is 4.79 Å². The second-order valence-electron chi connectivity index (χ2n) is 7.18. The first-order valence-corrected chi connectivity index (χ1v) is 7.23. The van der Waals surface area contributed by atoms with E-state index in [-0.39, 0.29) is 11.5 Å². The molecule has 1 atom stereocenters. The molecule has 0 aromatic rings. The van der Waals surface area contributed by atoms with Crippen LogP contribution in [-0.4, -0.2) is 35.5 Å². The molecule has 2 rings (SSSR count). The van der Waals surface area contributed by atoms with Gasteiger partial charge < -0.3 is 9.64 Å². The highest BCUT2D eigenvalue weighted by Gasteiger charge is 2.47. The molecule has 0 N–H and O–H groups in total. The van der Waals surface area contributed by atoms with Crippen molar-refractivity contribution in [2.45, 2.75) is 59.0 Å². The molecule has 1 saturated carbocycles. The van der Waals surface area contributed by atoms with Crippen LogP contribution < -0.4 is 0 Å². The first-order valence-electron chi connectivity index (χ1n) is 7.23. The van der Waals surface area contributed by atoms with Crippen LogP contribution in [-0.2, 0) is 9.53 Å². The fourth-order valence-electron chi connectivity index (χ4n) is 3.31. The Morgan fingerprint density at radius 2 is 1.89 bits per heavy atom. The number of carbonyl (C=O) groups excluding carboxylic acids is 2. The van der Waals surface area contributed by atoms with E-state index in [0.29, 0.717) is 31.2 Å². The summed E-state index contributed by atoms with van der Waals surface area (Å²) in [5, 5.41) is 0. The molecule has 4 heteroatoms. The smallest absolute Gasteiger partial charge is 0.410 e. The Bertz CT molecular complexity index is 375. The summed E-state index contributed by atoms with van der Waals surface area (Å²) in [5.74, 6) is 0.907. The Morgan fingerprint density at radius 1 is 1.32 bits per heavy atom. The van der Waals surface area contributed by atoms with Crippen LogP contribution in [0.5, 0.6) is 0 Å². The lowest BCUT2D eigenvalue weighted by atomic mass is 9.76. The summed E-state index contributed by atoms with van der Waals surface area (Å²) in [6.45, 7) is 9.06. The van der Waals surface area contributed by atoms with E-state index in [9.17, 15) is 9.59 Å². The van der Waals surface area contributed by atoms with Crippen LogP contribution in [0.2, 0.25) is 0 Å². The molecule has 1 spiro atoms. The molecule has 0 aromatic carbocycles. The molecule has 2 aliphatic rings. The van der Waals surface area contributed by atoms with Crippen molar-refractivity contribution in [2.75, 3.05) is 13.1 Å². The largest absolute Gasteiger partial charge is 0.444 e. The third kappa shape index (κ3) is 3.10. The molecule has 4 nitrogen and oxygen atoms in total. The number of ether oxygens (including phenoxy) is 1. The lowest BCUT2D eigenvalue weighted by molar-refractivity contribution is -0.128. The zero-order valence-electron chi connectivity index (χ0n) is 12.5. The van der Waals surface area contributed by atoms with E-state index in [2.05, 4.69) is 6.92 Å². The van der Waals surface area contributed by atoms with E-state index in [1.807, 2.05) is 20.8 Å². The summed E-state index contributed by atoms with van der Waals surface area (Å²) >= 11 is 0. The Kier molecular flexibility index (Phi) is 3.63. The summed E-state index contributed by atoms with van der Waals surface area (Å²) in [6, 6.07) is 0.